The Morgan fingerprint density at radius 2 is 1.00 bits per heavy atom. The van der Waals surface area contributed by atoms with Crippen LogP contribution in [0.15, 0.2) is 48.5 Å². The molecule has 3 heteroatoms. The summed E-state index contributed by atoms with van der Waals surface area (Å²) >= 11 is 0. The maximum Gasteiger partial charge on any atom is 0.0471 e. The molecule has 0 saturated heterocycles. The Morgan fingerprint density at radius 3 is 1.38 bits per heavy atom. The van der Waals surface area contributed by atoms with E-state index >= 15 is 0 Å². The van der Waals surface area contributed by atoms with Gasteiger partial charge in [-0.25, -0.2) is 5.32 Å². The van der Waals surface area contributed by atoms with E-state index in [2.05, 4.69) is 17.4 Å². The second kappa shape index (κ2) is 8.57. The highest BCUT2D eigenvalue weighted by atomic mass is 16.3. The lowest BCUT2D eigenvalue weighted by molar-refractivity contribution is 0.299. The molecule has 0 amide bonds. The topological polar surface area (TPSA) is 54.6 Å². The van der Waals surface area contributed by atoms with Crippen molar-refractivity contribution in [2.24, 2.45) is 0 Å². The van der Waals surface area contributed by atoms with Crippen LogP contribution in [0.4, 0.5) is 0 Å². The summed E-state index contributed by atoms with van der Waals surface area (Å²) < 4.78 is 0. The van der Waals surface area contributed by atoms with Gasteiger partial charge in [0.2, 0.25) is 0 Å². The van der Waals surface area contributed by atoms with Gasteiger partial charge in [0.25, 0.3) is 0 Å². The number of benzene rings is 2. The first-order chi connectivity index (χ1) is 10.3. The lowest BCUT2D eigenvalue weighted by Crippen LogP contribution is -2.09. The van der Waals surface area contributed by atoms with Crippen molar-refractivity contribution in [2.75, 3.05) is 13.2 Å². The van der Waals surface area contributed by atoms with Gasteiger partial charge in [-0.05, 0) is 35.1 Å². The van der Waals surface area contributed by atoms with Crippen LogP contribution < -0.4 is 5.32 Å². The van der Waals surface area contributed by atoms with Gasteiger partial charge in [0.05, 0.1) is 0 Å². The highest BCUT2D eigenvalue weighted by Gasteiger charge is 2.04. The zero-order valence-corrected chi connectivity index (χ0v) is 12.2. The summed E-state index contributed by atoms with van der Waals surface area (Å²) in [6.07, 6.45) is 1.35. The van der Waals surface area contributed by atoms with Crippen molar-refractivity contribution in [1.29, 1.82) is 0 Å². The van der Waals surface area contributed by atoms with E-state index in [1.165, 1.54) is 11.1 Å². The standard InChI is InChI=1S/C18H22NO2/c20-11-9-15-5-1-3-7-17(15)13-19-14-18-8-4-2-6-16(18)10-12-21/h1-8,20-21H,9-14H2. The molecule has 0 atom stereocenters. The van der Waals surface area contributed by atoms with Gasteiger partial charge in [0.1, 0.15) is 0 Å². The third kappa shape index (κ3) is 4.67. The minimum atomic E-state index is 0.163. The highest BCUT2D eigenvalue weighted by molar-refractivity contribution is 5.29. The second-order valence-electron chi connectivity index (χ2n) is 5.02. The van der Waals surface area contributed by atoms with Crippen LogP contribution >= 0.6 is 0 Å². The third-order valence-electron chi connectivity index (χ3n) is 3.56. The van der Waals surface area contributed by atoms with E-state index in [1.807, 2.05) is 36.4 Å². The molecule has 0 bridgehead atoms. The van der Waals surface area contributed by atoms with E-state index in [4.69, 9.17) is 10.2 Å². The van der Waals surface area contributed by atoms with Crippen LogP contribution in [0.1, 0.15) is 22.3 Å². The van der Waals surface area contributed by atoms with Crippen LogP contribution in [0, 0.1) is 0 Å². The van der Waals surface area contributed by atoms with Crippen molar-refractivity contribution < 1.29 is 10.2 Å². The van der Waals surface area contributed by atoms with Crippen LogP contribution in [-0.4, -0.2) is 23.4 Å². The summed E-state index contributed by atoms with van der Waals surface area (Å²) in [5.74, 6) is 0. The molecule has 0 unspecified atom stereocenters. The molecule has 0 aliphatic heterocycles. The normalized spacial score (nSPS) is 10.8. The third-order valence-corrected chi connectivity index (χ3v) is 3.56. The molecular weight excluding hydrogens is 262 g/mol. The number of hydrogen-bond acceptors (Lipinski definition) is 2. The van der Waals surface area contributed by atoms with Gasteiger partial charge in [-0.15, -0.1) is 0 Å². The van der Waals surface area contributed by atoms with Crippen molar-refractivity contribution in [1.82, 2.24) is 5.32 Å². The Hall–Kier alpha value is -1.68. The van der Waals surface area contributed by atoms with Crippen LogP contribution in [0.5, 0.6) is 0 Å². The van der Waals surface area contributed by atoms with E-state index in [-0.39, 0.29) is 13.2 Å². The molecule has 1 radical (unpaired) electrons. The predicted octanol–water partition coefficient (Wildman–Crippen LogP) is 2.06. The Morgan fingerprint density at radius 1 is 0.619 bits per heavy atom. The average Bonchev–Trinajstić information content (AvgIpc) is 2.51. The van der Waals surface area contributed by atoms with E-state index in [9.17, 15) is 0 Å². The van der Waals surface area contributed by atoms with Crippen molar-refractivity contribution in [3.63, 3.8) is 0 Å². The molecule has 0 saturated carbocycles. The molecule has 0 aliphatic rings. The number of hydrogen-bond donors (Lipinski definition) is 2. The first kappa shape index (κ1) is 15.7. The largest absolute Gasteiger partial charge is 0.396 e. The van der Waals surface area contributed by atoms with Crippen LogP contribution in [0.3, 0.4) is 0 Å². The smallest absolute Gasteiger partial charge is 0.0471 e. The fourth-order valence-electron chi connectivity index (χ4n) is 2.45. The predicted molar refractivity (Wildman–Crippen MR) is 84.0 cm³/mol. The van der Waals surface area contributed by atoms with Crippen LogP contribution in [-0.2, 0) is 25.9 Å². The van der Waals surface area contributed by atoms with Gasteiger partial charge >= 0.3 is 0 Å². The summed E-state index contributed by atoms with van der Waals surface area (Å²) in [6, 6.07) is 16.2. The molecule has 0 heterocycles. The summed E-state index contributed by atoms with van der Waals surface area (Å²) in [4.78, 5) is 0. The Bertz CT molecular complexity index is 505. The van der Waals surface area contributed by atoms with Crippen LogP contribution in [0.25, 0.3) is 0 Å². The van der Waals surface area contributed by atoms with Gasteiger partial charge in [-0.2, -0.15) is 0 Å². The first-order valence-corrected chi connectivity index (χ1v) is 7.33. The molecule has 0 aliphatic carbocycles. The zero-order valence-electron chi connectivity index (χ0n) is 12.2. The van der Waals surface area contributed by atoms with Crippen molar-refractivity contribution in [2.45, 2.75) is 25.9 Å². The molecule has 3 nitrogen and oxygen atoms in total. The van der Waals surface area contributed by atoms with Crippen molar-refractivity contribution >= 4 is 0 Å². The number of nitrogens with zero attached hydrogens (tertiary/aromatic N) is 1. The maximum absolute atomic E-state index is 9.09. The van der Waals surface area contributed by atoms with E-state index in [1.54, 1.807) is 0 Å². The molecule has 2 rings (SSSR count). The van der Waals surface area contributed by atoms with Crippen molar-refractivity contribution in [3.05, 3.63) is 70.8 Å². The van der Waals surface area contributed by atoms with E-state index in [0.29, 0.717) is 25.9 Å². The molecule has 0 fully saturated rings. The Kier molecular flexibility index (Phi) is 6.41. The van der Waals surface area contributed by atoms with Gasteiger partial charge in [0, 0.05) is 26.3 Å². The SMILES string of the molecule is OCCc1ccccc1C[N]Cc1ccccc1CCO. The Balaban J connectivity index is 1.95. The minimum absolute atomic E-state index is 0.163. The number of aliphatic hydroxyl groups is 2. The molecule has 2 N–H and O–H groups in total. The quantitative estimate of drug-likeness (QED) is 0.779. The number of aliphatic hydroxyl groups excluding tert-OH is 2. The maximum atomic E-state index is 9.09. The molecule has 0 spiro atoms. The van der Waals surface area contributed by atoms with Gasteiger partial charge in [-0.1, -0.05) is 48.5 Å². The van der Waals surface area contributed by atoms with Crippen LogP contribution in [0.2, 0.25) is 0 Å². The van der Waals surface area contributed by atoms with E-state index < -0.39 is 0 Å². The van der Waals surface area contributed by atoms with Gasteiger partial charge in [0.15, 0.2) is 0 Å². The molecular formula is C18H22NO2. The summed E-state index contributed by atoms with van der Waals surface area (Å²) in [5, 5.41) is 22.8. The van der Waals surface area contributed by atoms with Gasteiger partial charge in [-0.3, -0.25) is 0 Å². The highest BCUT2D eigenvalue weighted by Crippen LogP contribution is 2.12. The fourth-order valence-corrected chi connectivity index (χ4v) is 2.45. The summed E-state index contributed by atoms with van der Waals surface area (Å²) in [7, 11) is 0. The molecule has 2 aromatic rings. The molecule has 0 aromatic heterocycles. The summed E-state index contributed by atoms with van der Waals surface area (Å²) in [6.45, 7) is 1.64. The minimum Gasteiger partial charge on any atom is -0.396 e. The molecule has 21 heavy (non-hydrogen) atoms. The first-order valence-electron chi connectivity index (χ1n) is 7.33. The molecule has 111 valence electrons. The lowest BCUT2D eigenvalue weighted by atomic mass is 10.0. The average molecular weight is 284 g/mol. The fraction of sp³-hybridized carbons (Fsp3) is 0.333. The summed E-state index contributed by atoms with van der Waals surface area (Å²) in [5.41, 5.74) is 4.66. The van der Waals surface area contributed by atoms with E-state index in [0.717, 1.165) is 11.1 Å². The number of rotatable bonds is 8. The molecule has 2 aromatic carbocycles. The Labute approximate surface area is 126 Å². The monoisotopic (exact) mass is 284 g/mol. The second-order valence-corrected chi connectivity index (χ2v) is 5.02. The van der Waals surface area contributed by atoms with Crippen molar-refractivity contribution in [3.8, 4) is 0 Å². The lowest BCUT2D eigenvalue weighted by Gasteiger charge is -2.11. The zero-order chi connectivity index (χ0) is 14.9. The van der Waals surface area contributed by atoms with Gasteiger partial charge < -0.3 is 10.2 Å².